The smallest absolute Gasteiger partial charge is 0.240 e. The number of ether oxygens (including phenoxy) is 1. The van der Waals surface area contributed by atoms with E-state index in [4.69, 9.17) is 15.3 Å². The first-order valence-corrected chi connectivity index (χ1v) is 19.4. The Morgan fingerprint density at radius 3 is 2.65 bits per heavy atom. The number of hydroxylamine groups is 2. The van der Waals surface area contributed by atoms with Crippen LogP contribution in [0.3, 0.4) is 0 Å². The summed E-state index contributed by atoms with van der Waals surface area (Å²) in [5, 5.41) is 19.9. The third kappa shape index (κ3) is 7.55. The molecule has 7 rings (SSSR count). The highest BCUT2D eigenvalue weighted by Crippen LogP contribution is 2.61. The van der Waals surface area contributed by atoms with E-state index in [1.54, 1.807) is 19.1 Å². The third-order valence-corrected chi connectivity index (χ3v) is 13.2. The van der Waals surface area contributed by atoms with Crippen LogP contribution in [0.1, 0.15) is 71.4 Å². The molecule has 10 heteroatoms. The first-order chi connectivity index (χ1) is 24.4. The number of rotatable bonds is 14. The molecule has 2 saturated heterocycles. The zero-order valence-electron chi connectivity index (χ0n) is 32.3. The van der Waals surface area contributed by atoms with Crippen LogP contribution in [-0.4, -0.2) is 98.7 Å². The summed E-state index contributed by atoms with van der Waals surface area (Å²) >= 11 is 0. The summed E-state index contributed by atoms with van der Waals surface area (Å²) in [5.41, 5.74) is 11.8. The van der Waals surface area contributed by atoms with Crippen molar-refractivity contribution < 1.29 is 19.5 Å². The van der Waals surface area contributed by atoms with Crippen LogP contribution in [0.25, 0.3) is 11.1 Å². The van der Waals surface area contributed by atoms with Gasteiger partial charge in [-0.1, -0.05) is 45.9 Å². The summed E-state index contributed by atoms with van der Waals surface area (Å²) in [5.74, 6) is 1.80. The van der Waals surface area contributed by atoms with Crippen LogP contribution in [0.5, 0.6) is 5.75 Å². The van der Waals surface area contributed by atoms with Crippen molar-refractivity contribution in [1.82, 2.24) is 20.6 Å². The van der Waals surface area contributed by atoms with Crippen LogP contribution < -0.4 is 26.0 Å². The lowest BCUT2D eigenvalue weighted by Crippen LogP contribution is -2.62. The van der Waals surface area contributed by atoms with Gasteiger partial charge in [-0.3, -0.25) is 14.5 Å². The van der Waals surface area contributed by atoms with Crippen molar-refractivity contribution in [3.63, 3.8) is 0 Å². The van der Waals surface area contributed by atoms with Crippen molar-refractivity contribution in [3.8, 4) is 16.9 Å². The molecule has 0 aromatic heterocycles. The Hall–Kier alpha value is -2.73. The Bertz CT molecular complexity index is 1510. The highest BCUT2D eigenvalue weighted by atomic mass is 16.7. The fourth-order valence-corrected chi connectivity index (χ4v) is 9.99. The largest absolute Gasteiger partial charge is 0.496 e. The summed E-state index contributed by atoms with van der Waals surface area (Å²) < 4.78 is 6.16. The number of nitrogens with one attached hydrogen (secondary N) is 2. The molecule has 5 aliphatic rings. The molecular formula is C41H64N6O4. The molecule has 2 aromatic carbocycles. The average Bonchev–Trinajstić information content (AvgIpc) is 3.72. The molecule has 0 radical (unpaired) electrons. The molecule has 282 valence electrons. The lowest BCUT2D eigenvalue weighted by molar-refractivity contribution is -0.175. The fourth-order valence-electron chi connectivity index (χ4n) is 9.99. The standard InChI is InChI=1S/C41H64N6O4/c1-9-46-15-11-13-31(46)23-43-22-27-16-29(18-32(17-27)45(6)7)33-14-10-12-28(39(33)50-8)24-47-38(37(26(3)48)36(21-42)51-47)40(49)44-35-20-30-19-34(25(35)2)41(30,4)5/h10,12,14,16-18,25-26,30-31,34-38,43,48H,9,11,13,15,19-24,42H2,1-8H3,(H,44,49)/t25-,26-,30+,31+,34+,35?,36-,37+,38-/m0/s1. The van der Waals surface area contributed by atoms with Gasteiger partial charge >= 0.3 is 0 Å². The van der Waals surface area contributed by atoms with E-state index in [0.717, 1.165) is 54.2 Å². The van der Waals surface area contributed by atoms with Gasteiger partial charge < -0.3 is 31.1 Å². The molecule has 3 aliphatic carbocycles. The van der Waals surface area contributed by atoms with Crippen LogP contribution in [0.2, 0.25) is 0 Å². The third-order valence-electron chi connectivity index (χ3n) is 13.2. The number of anilines is 1. The highest BCUT2D eigenvalue weighted by Gasteiger charge is 2.57. The van der Waals surface area contributed by atoms with Gasteiger partial charge in [0.05, 0.1) is 25.9 Å². The number of fused-ring (bicyclic) bond motifs is 2. The number of likely N-dealkylation sites (N-methyl/N-ethyl adjacent to an activating group) is 1. The van der Waals surface area contributed by atoms with E-state index in [9.17, 15) is 9.90 Å². The van der Waals surface area contributed by atoms with Crippen LogP contribution in [0.4, 0.5) is 5.69 Å². The number of amides is 1. The number of benzene rings is 2. The van der Waals surface area contributed by atoms with Gasteiger partial charge in [0.25, 0.3) is 0 Å². The molecule has 51 heavy (non-hydrogen) atoms. The summed E-state index contributed by atoms with van der Waals surface area (Å²) in [4.78, 5) is 25.4. The molecule has 5 fully saturated rings. The first kappa shape index (κ1) is 38.0. The van der Waals surface area contributed by atoms with Crippen LogP contribution in [0.15, 0.2) is 36.4 Å². The molecule has 0 spiro atoms. The van der Waals surface area contributed by atoms with Gasteiger partial charge in [0.15, 0.2) is 0 Å². The zero-order valence-corrected chi connectivity index (χ0v) is 32.3. The van der Waals surface area contributed by atoms with E-state index >= 15 is 0 Å². The molecule has 1 unspecified atom stereocenters. The molecule has 2 aromatic rings. The Morgan fingerprint density at radius 2 is 2.00 bits per heavy atom. The number of hydrogen-bond donors (Lipinski definition) is 4. The molecule has 5 N–H and O–H groups in total. The first-order valence-electron chi connectivity index (χ1n) is 19.4. The molecule has 2 heterocycles. The monoisotopic (exact) mass is 704 g/mol. The Kier molecular flexibility index (Phi) is 11.7. The Balaban J connectivity index is 1.24. The van der Waals surface area contributed by atoms with E-state index in [1.165, 1.54) is 31.4 Å². The topological polar surface area (TPSA) is 116 Å². The van der Waals surface area contributed by atoms with Gasteiger partial charge in [-0.25, -0.2) is 0 Å². The van der Waals surface area contributed by atoms with Crippen molar-refractivity contribution in [2.75, 3.05) is 52.3 Å². The minimum atomic E-state index is -0.775. The maximum atomic E-state index is 14.3. The van der Waals surface area contributed by atoms with Crippen LogP contribution in [0, 0.1) is 29.1 Å². The van der Waals surface area contributed by atoms with Crippen LogP contribution >= 0.6 is 0 Å². The summed E-state index contributed by atoms with van der Waals surface area (Å²) in [6.07, 6.45) is 3.50. The van der Waals surface area contributed by atoms with Crippen molar-refractivity contribution in [2.24, 2.45) is 34.8 Å². The van der Waals surface area contributed by atoms with Crippen LogP contribution in [-0.2, 0) is 22.7 Å². The number of hydrogen-bond acceptors (Lipinski definition) is 9. The SMILES string of the molecule is CCN1CCC[C@@H]1CNCc1cc(-c2cccc(CN3O[C@@H](CN)[C@@H]([C@H](C)O)[C@H]3C(=O)NC3C[C@H]4C[C@H]([C@@H]3C)C4(C)C)c2OC)cc(N(C)C)c1. The molecule has 1 amide bonds. The van der Waals surface area contributed by atoms with Gasteiger partial charge in [0.1, 0.15) is 11.8 Å². The summed E-state index contributed by atoms with van der Waals surface area (Å²) in [6.45, 7) is 15.6. The van der Waals surface area contributed by atoms with Crippen molar-refractivity contribution in [1.29, 1.82) is 0 Å². The highest BCUT2D eigenvalue weighted by molar-refractivity contribution is 5.83. The quantitative estimate of drug-likeness (QED) is 0.224. The van der Waals surface area contributed by atoms with E-state index < -0.39 is 24.2 Å². The minimum absolute atomic E-state index is 0.0987. The molecule has 2 aliphatic heterocycles. The van der Waals surface area contributed by atoms with E-state index in [-0.39, 0.29) is 18.5 Å². The Morgan fingerprint density at radius 1 is 1.22 bits per heavy atom. The minimum Gasteiger partial charge on any atom is -0.496 e. The van der Waals surface area contributed by atoms with Gasteiger partial charge in [-0.2, -0.15) is 5.06 Å². The summed E-state index contributed by atoms with van der Waals surface area (Å²) in [7, 11) is 5.85. The van der Waals surface area contributed by atoms with E-state index in [1.807, 2.05) is 12.1 Å². The second kappa shape index (κ2) is 15.7. The fraction of sp³-hybridized carbons (Fsp3) is 0.683. The number of nitrogens with zero attached hydrogens (tertiary/aromatic N) is 3. The number of aliphatic hydroxyl groups excluding tert-OH is 1. The van der Waals surface area contributed by atoms with E-state index in [0.29, 0.717) is 35.8 Å². The number of para-hydroxylation sites is 1. The van der Waals surface area contributed by atoms with Gasteiger partial charge in [0.2, 0.25) is 5.91 Å². The number of nitrogens with two attached hydrogens (primary N) is 1. The predicted molar refractivity (Wildman–Crippen MR) is 204 cm³/mol. The lowest BCUT2D eigenvalue weighted by Gasteiger charge is -2.62. The molecular weight excluding hydrogens is 640 g/mol. The Labute approximate surface area is 306 Å². The maximum Gasteiger partial charge on any atom is 0.240 e. The van der Waals surface area contributed by atoms with Crippen molar-refractivity contribution in [3.05, 3.63) is 47.5 Å². The van der Waals surface area contributed by atoms with Gasteiger partial charge in [0, 0.05) is 68.5 Å². The number of methoxy groups -OCH3 is 1. The van der Waals surface area contributed by atoms with Crippen molar-refractivity contribution >= 4 is 11.6 Å². The number of aliphatic hydroxyl groups is 1. The average molecular weight is 705 g/mol. The lowest BCUT2D eigenvalue weighted by atomic mass is 9.45. The normalized spacial score (nSPS) is 30.9. The molecule has 3 saturated carbocycles. The maximum absolute atomic E-state index is 14.3. The van der Waals surface area contributed by atoms with E-state index in [2.05, 4.69) is 86.5 Å². The second-order valence-electron chi connectivity index (χ2n) is 16.6. The number of carbonyl (C=O) groups excluding carboxylic acids is 1. The number of carbonyl (C=O) groups is 1. The number of likely N-dealkylation sites (tertiary alicyclic amines) is 1. The predicted octanol–water partition coefficient (Wildman–Crippen LogP) is 4.63. The molecule has 10 nitrogen and oxygen atoms in total. The molecule has 9 atom stereocenters. The zero-order chi connectivity index (χ0) is 36.6. The van der Waals surface area contributed by atoms with Gasteiger partial charge in [-0.15, -0.1) is 0 Å². The molecule has 2 bridgehead atoms. The second-order valence-corrected chi connectivity index (χ2v) is 16.6. The summed E-state index contributed by atoms with van der Waals surface area (Å²) in [6, 6.07) is 12.9. The van der Waals surface area contributed by atoms with Gasteiger partial charge in [-0.05, 0) is 98.2 Å². The van der Waals surface area contributed by atoms with Crippen molar-refractivity contribution in [2.45, 2.75) is 104 Å².